The molecule has 1 aromatic rings. The number of carbonyl (C=O) groups excluding carboxylic acids is 1. The highest BCUT2D eigenvalue weighted by Crippen LogP contribution is 2.10. The van der Waals surface area contributed by atoms with Crippen LogP contribution in [0.2, 0.25) is 5.02 Å². The molecule has 1 heterocycles. The number of halogens is 1. The lowest BCUT2D eigenvalue weighted by atomic mass is 10.2. The maximum absolute atomic E-state index is 11.6. The monoisotopic (exact) mass is 268 g/mol. The molecule has 0 bridgehead atoms. The first-order chi connectivity index (χ1) is 8.75. The minimum Gasteiger partial charge on any atom is -0.357 e. The zero-order valence-electron chi connectivity index (χ0n) is 10.1. The number of hydrogen-bond donors (Lipinski definition) is 2. The summed E-state index contributed by atoms with van der Waals surface area (Å²) in [5, 5.41) is 6.60. The Balaban J connectivity index is 1.63. The van der Waals surface area contributed by atoms with E-state index in [1.54, 1.807) is 0 Å². The zero-order chi connectivity index (χ0) is 12.8. The van der Waals surface area contributed by atoms with Crippen molar-refractivity contribution < 1.29 is 9.53 Å². The Morgan fingerprint density at radius 3 is 2.89 bits per heavy atom. The van der Waals surface area contributed by atoms with Crippen molar-refractivity contribution in [3.05, 3.63) is 34.9 Å². The van der Waals surface area contributed by atoms with E-state index in [1.807, 2.05) is 24.3 Å². The van der Waals surface area contributed by atoms with E-state index in [4.69, 9.17) is 16.3 Å². The summed E-state index contributed by atoms with van der Waals surface area (Å²) in [6.45, 7) is 1.62. The van der Waals surface area contributed by atoms with Gasteiger partial charge in [-0.25, -0.2) is 0 Å². The SMILES string of the molecule is O=C(NCOCc1ccc(Cl)cc1)C1CCCN1. The number of nitrogens with one attached hydrogen (secondary N) is 2. The van der Waals surface area contributed by atoms with Gasteiger partial charge in [0.25, 0.3) is 0 Å². The first-order valence-corrected chi connectivity index (χ1v) is 6.47. The fourth-order valence-electron chi connectivity index (χ4n) is 1.90. The molecule has 0 aromatic heterocycles. The fourth-order valence-corrected chi connectivity index (χ4v) is 2.03. The van der Waals surface area contributed by atoms with Crippen LogP contribution in [0.3, 0.4) is 0 Å². The fraction of sp³-hybridized carbons (Fsp3) is 0.462. The minimum absolute atomic E-state index is 0.0172. The molecule has 0 spiro atoms. The van der Waals surface area contributed by atoms with E-state index in [2.05, 4.69) is 10.6 Å². The van der Waals surface area contributed by atoms with Gasteiger partial charge in [0.2, 0.25) is 5.91 Å². The lowest BCUT2D eigenvalue weighted by Gasteiger charge is -2.11. The van der Waals surface area contributed by atoms with E-state index in [-0.39, 0.29) is 18.7 Å². The normalized spacial score (nSPS) is 18.8. The summed E-state index contributed by atoms with van der Waals surface area (Å²) in [6, 6.07) is 7.40. The predicted octanol–water partition coefficient (Wildman–Crippen LogP) is 1.68. The van der Waals surface area contributed by atoms with E-state index in [9.17, 15) is 4.79 Å². The van der Waals surface area contributed by atoms with Crippen LogP contribution in [-0.2, 0) is 16.1 Å². The average Bonchev–Trinajstić information content (AvgIpc) is 2.90. The molecule has 0 aliphatic carbocycles. The summed E-state index contributed by atoms with van der Waals surface area (Å²) in [5.41, 5.74) is 1.03. The smallest absolute Gasteiger partial charge is 0.238 e. The number of ether oxygens (including phenoxy) is 1. The van der Waals surface area contributed by atoms with Gasteiger partial charge in [-0.3, -0.25) is 4.79 Å². The molecule has 1 aliphatic rings. The molecule has 98 valence electrons. The Kier molecular flexibility index (Phi) is 4.99. The second-order valence-electron chi connectivity index (χ2n) is 4.31. The van der Waals surface area contributed by atoms with E-state index in [1.165, 1.54) is 0 Å². The van der Waals surface area contributed by atoms with Crippen LogP contribution in [0.15, 0.2) is 24.3 Å². The molecule has 2 N–H and O–H groups in total. The van der Waals surface area contributed by atoms with Gasteiger partial charge in [-0.05, 0) is 37.1 Å². The Labute approximate surface area is 112 Å². The Morgan fingerprint density at radius 1 is 1.44 bits per heavy atom. The molecule has 1 saturated heterocycles. The van der Waals surface area contributed by atoms with Gasteiger partial charge in [-0.2, -0.15) is 0 Å². The Morgan fingerprint density at radius 2 is 2.22 bits per heavy atom. The Hall–Kier alpha value is -1.10. The van der Waals surface area contributed by atoms with Crippen LogP contribution in [0.5, 0.6) is 0 Å². The van der Waals surface area contributed by atoms with Crippen molar-refractivity contribution in [1.82, 2.24) is 10.6 Å². The predicted molar refractivity (Wildman–Crippen MR) is 70.3 cm³/mol. The number of amides is 1. The average molecular weight is 269 g/mol. The highest BCUT2D eigenvalue weighted by atomic mass is 35.5. The van der Waals surface area contributed by atoms with Crippen molar-refractivity contribution >= 4 is 17.5 Å². The minimum atomic E-state index is -0.0517. The second kappa shape index (κ2) is 6.73. The van der Waals surface area contributed by atoms with Crippen molar-refractivity contribution in [3.8, 4) is 0 Å². The number of rotatable bonds is 5. The second-order valence-corrected chi connectivity index (χ2v) is 4.75. The van der Waals surface area contributed by atoms with Gasteiger partial charge in [0.15, 0.2) is 0 Å². The standard InChI is InChI=1S/C13H17ClN2O2/c14-11-5-3-10(4-6-11)8-18-9-16-13(17)12-2-1-7-15-12/h3-6,12,15H,1-2,7-9H2,(H,16,17). The van der Waals surface area contributed by atoms with Crippen LogP contribution < -0.4 is 10.6 Å². The van der Waals surface area contributed by atoms with Crippen LogP contribution in [0, 0.1) is 0 Å². The maximum Gasteiger partial charge on any atom is 0.238 e. The van der Waals surface area contributed by atoms with Crippen molar-refractivity contribution in [2.24, 2.45) is 0 Å². The van der Waals surface area contributed by atoms with Crippen molar-refractivity contribution in [1.29, 1.82) is 0 Å². The van der Waals surface area contributed by atoms with E-state index in [0.717, 1.165) is 24.9 Å². The summed E-state index contributed by atoms with van der Waals surface area (Å²) < 4.78 is 5.39. The number of carbonyl (C=O) groups is 1. The van der Waals surface area contributed by atoms with E-state index >= 15 is 0 Å². The van der Waals surface area contributed by atoms with Gasteiger partial charge in [-0.1, -0.05) is 23.7 Å². The van der Waals surface area contributed by atoms with Crippen LogP contribution in [0.25, 0.3) is 0 Å². The first kappa shape index (κ1) is 13.3. The number of benzene rings is 1. The largest absolute Gasteiger partial charge is 0.357 e. The molecule has 1 aromatic carbocycles. The van der Waals surface area contributed by atoms with Gasteiger partial charge < -0.3 is 15.4 Å². The van der Waals surface area contributed by atoms with E-state index in [0.29, 0.717) is 11.6 Å². The van der Waals surface area contributed by atoms with Crippen molar-refractivity contribution in [2.45, 2.75) is 25.5 Å². The molecule has 1 aliphatic heterocycles. The lowest BCUT2D eigenvalue weighted by molar-refractivity contribution is -0.124. The summed E-state index contributed by atoms with van der Waals surface area (Å²) in [6.07, 6.45) is 1.97. The molecule has 1 fully saturated rings. The zero-order valence-corrected chi connectivity index (χ0v) is 10.9. The van der Waals surface area contributed by atoms with Crippen LogP contribution in [0.1, 0.15) is 18.4 Å². The van der Waals surface area contributed by atoms with Gasteiger partial charge in [0, 0.05) is 5.02 Å². The third kappa shape index (κ3) is 3.98. The van der Waals surface area contributed by atoms with Crippen LogP contribution in [-0.4, -0.2) is 25.2 Å². The van der Waals surface area contributed by atoms with Gasteiger partial charge in [-0.15, -0.1) is 0 Å². The summed E-state index contributed by atoms with van der Waals surface area (Å²) >= 11 is 5.78. The Bertz CT molecular complexity index is 388. The van der Waals surface area contributed by atoms with Gasteiger partial charge in [0.05, 0.1) is 12.6 Å². The molecule has 4 nitrogen and oxygen atoms in total. The third-order valence-electron chi connectivity index (χ3n) is 2.91. The number of hydrogen-bond acceptors (Lipinski definition) is 3. The molecule has 5 heteroatoms. The highest BCUT2D eigenvalue weighted by Gasteiger charge is 2.21. The quantitative estimate of drug-likeness (QED) is 0.631. The highest BCUT2D eigenvalue weighted by molar-refractivity contribution is 6.30. The maximum atomic E-state index is 11.6. The third-order valence-corrected chi connectivity index (χ3v) is 3.16. The molecule has 1 unspecified atom stereocenters. The molecule has 0 saturated carbocycles. The van der Waals surface area contributed by atoms with E-state index < -0.39 is 0 Å². The summed E-state index contributed by atoms with van der Waals surface area (Å²) in [5.74, 6) is 0.0172. The molecule has 2 rings (SSSR count). The van der Waals surface area contributed by atoms with Crippen molar-refractivity contribution in [2.75, 3.05) is 13.3 Å². The molecule has 18 heavy (non-hydrogen) atoms. The molecular formula is C13H17ClN2O2. The first-order valence-electron chi connectivity index (χ1n) is 6.09. The summed E-state index contributed by atoms with van der Waals surface area (Å²) in [4.78, 5) is 11.6. The lowest BCUT2D eigenvalue weighted by Crippen LogP contribution is -2.41. The van der Waals surface area contributed by atoms with Crippen LogP contribution in [0.4, 0.5) is 0 Å². The summed E-state index contributed by atoms with van der Waals surface area (Å²) in [7, 11) is 0. The van der Waals surface area contributed by atoms with Gasteiger partial charge in [0.1, 0.15) is 6.73 Å². The molecular weight excluding hydrogens is 252 g/mol. The molecule has 1 amide bonds. The topological polar surface area (TPSA) is 50.4 Å². The molecule has 0 radical (unpaired) electrons. The van der Waals surface area contributed by atoms with Gasteiger partial charge >= 0.3 is 0 Å². The van der Waals surface area contributed by atoms with Crippen LogP contribution >= 0.6 is 11.6 Å². The molecule has 1 atom stereocenters. The van der Waals surface area contributed by atoms with Crippen molar-refractivity contribution in [3.63, 3.8) is 0 Å².